The van der Waals surface area contributed by atoms with Crippen molar-refractivity contribution in [3.8, 4) is 17.2 Å². The summed E-state index contributed by atoms with van der Waals surface area (Å²) in [7, 11) is 0. The Morgan fingerprint density at radius 1 is 0.909 bits per heavy atom. The molecule has 0 radical (unpaired) electrons. The molecule has 33 heavy (non-hydrogen) atoms. The molecule has 170 valence electrons. The molecule has 1 fully saturated rings. The van der Waals surface area contributed by atoms with Crippen molar-refractivity contribution in [1.82, 2.24) is 9.88 Å². The second-order valence-corrected chi connectivity index (χ2v) is 9.92. The zero-order valence-corrected chi connectivity index (χ0v) is 20.1. The Kier molecular flexibility index (Phi) is 7.20. The summed E-state index contributed by atoms with van der Waals surface area (Å²) in [4.78, 5) is 9.43. The van der Waals surface area contributed by atoms with Crippen LogP contribution >= 0.6 is 23.4 Å². The van der Waals surface area contributed by atoms with Crippen molar-refractivity contribution in [3.05, 3.63) is 71.8 Å². The largest absolute Gasteiger partial charge is 0.494 e. The fourth-order valence-electron chi connectivity index (χ4n) is 4.09. The number of benzene rings is 3. The summed E-state index contributed by atoms with van der Waals surface area (Å²) in [6, 6.07) is 21.9. The molecule has 6 heteroatoms. The van der Waals surface area contributed by atoms with E-state index in [0.29, 0.717) is 5.89 Å². The van der Waals surface area contributed by atoms with E-state index in [-0.39, 0.29) is 0 Å². The first-order chi connectivity index (χ1) is 16.2. The predicted octanol–water partition coefficient (Wildman–Crippen LogP) is 7.55. The molecular weight excluding hydrogens is 452 g/mol. The summed E-state index contributed by atoms with van der Waals surface area (Å²) < 4.78 is 12.0. The molecule has 0 unspecified atom stereocenters. The van der Waals surface area contributed by atoms with E-state index in [0.717, 1.165) is 56.8 Å². The van der Waals surface area contributed by atoms with Crippen LogP contribution in [0.5, 0.6) is 5.75 Å². The number of aromatic nitrogens is 1. The van der Waals surface area contributed by atoms with Gasteiger partial charge in [-0.05, 0) is 99.1 Å². The van der Waals surface area contributed by atoms with Gasteiger partial charge in [0.25, 0.3) is 0 Å². The summed E-state index contributed by atoms with van der Waals surface area (Å²) in [5, 5.41) is 0.739. The molecule has 1 aliphatic heterocycles. The Hall–Kier alpha value is -2.47. The Bertz CT molecular complexity index is 1190. The number of hydrogen-bond donors (Lipinski definition) is 0. The minimum Gasteiger partial charge on any atom is -0.494 e. The molecule has 4 aromatic rings. The van der Waals surface area contributed by atoms with Gasteiger partial charge in [0.2, 0.25) is 5.89 Å². The minimum absolute atomic E-state index is 0.621. The van der Waals surface area contributed by atoms with Crippen molar-refractivity contribution in [1.29, 1.82) is 0 Å². The van der Waals surface area contributed by atoms with Gasteiger partial charge >= 0.3 is 0 Å². The number of likely N-dealkylation sites (tertiary alicyclic amines) is 1. The van der Waals surface area contributed by atoms with E-state index in [1.54, 1.807) is 11.8 Å². The van der Waals surface area contributed by atoms with Gasteiger partial charge < -0.3 is 14.1 Å². The number of fused-ring (bicyclic) bond motifs is 1. The van der Waals surface area contributed by atoms with Crippen molar-refractivity contribution in [2.45, 2.75) is 35.5 Å². The minimum atomic E-state index is 0.621. The van der Waals surface area contributed by atoms with E-state index in [4.69, 9.17) is 20.8 Å². The maximum Gasteiger partial charge on any atom is 0.227 e. The molecule has 1 saturated heterocycles. The van der Waals surface area contributed by atoms with Crippen LogP contribution in [0.1, 0.15) is 25.7 Å². The van der Waals surface area contributed by atoms with E-state index in [2.05, 4.69) is 16.0 Å². The van der Waals surface area contributed by atoms with Gasteiger partial charge in [0.15, 0.2) is 5.58 Å². The number of halogens is 1. The number of piperidine rings is 1. The number of rotatable bonds is 8. The predicted molar refractivity (Wildman–Crippen MR) is 135 cm³/mol. The second-order valence-electron chi connectivity index (χ2n) is 8.33. The van der Waals surface area contributed by atoms with Crippen molar-refractivity contribution in [2.75, 3.05) is 26.2 Å². The summed E-state index contributed by atoms with van der Waals surface area (Å²) in [6.07, 6.45) is 5.10. The molecule has 0 aliphatic carbocycles. The first-order valence-electron chi connectivity index (χ1n) is 11.5. The first kappa shape index (κ1) is 22.3. The first-order valence-corrected chi connectivity index (χ1v) is 12.7. The van der Waals surface area contributed by atoms with Crippen molar-refractivity contribution in [3.63, 3.8) is 0 Å². The molecule has 0 spiro atoms. The third kappa shape index (κ3) is 5.91. The van der Waals surface area contributed by atoms with Gasteiger partial charge in [-0.1, -0.05) is 29.8 Å². The SMILES string of the molecule is Clc1ccc(Sc2ccc3nc(-c4ccc(OCCCN5CCCCC5)cc4)oc3c2)cc1. The standard InChI is InChI=1S/C27H27ClN2O2S/c28-21-7-11-23(12-8-21)33-24-13-14-25-26(19-24)32-27(29-25)20-5-9-22(10-6-20)31-18-4-17-30-15-2-1-3-16-30/h5-14,19H,1-4,15-18H2. The lowest BCUT2D eigenvalue weighted by atomic mass is 10.1. The molecule has 2 heterocycles. The smallest absolute Gasteiger partial charge is 0.227 e. The fraction of sp³-hybridized carbons (Fsp3) is 0.296. The number of hydrogen-bond acceptors (Lipinski definition) is 5. The van der Waals surface area contributed by atoms with Crippen LogP contribution in [0, 0.1) is 0 Å². The Balaban J connectivity index is 1.19. The van der Waals surface area contributed by atoms with Crippen LogP contribution in [0.4, 0.5) is 0 Å². The summed E-state index contributed by atoms with van der Waals surface area (Å²) >= 11 is 7.65. The van der Waals surface area contributed by atoms with E-state index in [1.807, 2.05) is 60.7 Å². The van der Waals surface area contributed by atoms with E-state index in [1.165, 1.54) is 32.4 Å². The van der Waals surface area contributed by atoms with Crippen molar-refractivity contribution >= 4 is 34.5 Å². The van der Waals surface area contributed by atoms with Crippen LogP contribution in [-0.2, 0) is 0 Å². The van der Waals surface area contributed by atoms with Crippen LogP contribution in [-0.4, -0.2) is 36.1 Å². The molecular formula is C27H27ClN2O2S. The van der Waals surface area contributed by atoms with Crippen LogP contribution in [0.3, 0.4) is 0 Å². The van der Waals surface area contributed by atoms with Crippen molar-refractivity contribution < 1.29 is 9.15 Å². The third-order valence-electron chi connectivity index (χ3n) is 5.85. The normalized spacial score (nSPS) is 14.6. The van der Waals surface area contributed by atoms with Gasteiger partial charge in [0.05, 0.1) is 6.61 Å². The zero-order chi connectivity index (χ0) is 22.5. The molecule has 0 saturated carbocycles. The monoisotopic (exact) mass is 478 g/mol. The fourth-order valence-corrected chi connectivity index (χ4v) is 5.06. The molecule has 4 nitrogen and oxygen atoms in total. The van der Waals surface area contributed by atoms with Crippen LogP contribution in [0.2, 0.25) is 5.02 Å². The van der Waals surface area contributed by atoms with Crippen LogP contribution in [0.25, 0.3) is 22.6 Å². The Morgan fingerprint density at radius 3 is 2.45 bits per heavy atom. The number of nitrogens with zero attached hydrogens (tertiary/aromatic N) is 2. The van der Waals surface area contributed by atoms with Gasteiger partial charge in [-0.2, -0.15) is 0 Å². The maximum absolute atomic E-state index is 6.07. The van der Waals surface area contributed by atoms with Gasteiger partial charge in [-0.15, -0.1) is 0 Å². The van der Waals surface area contributed by atoms with Gasteiger partial charge in [-0.3, -0.25) is 0 Å². The lowest BCUT2D eigenvalue weighted by Gasteiger charge is -2.26. The number of ether oxygens (including phenoxy) is 1. The topological polar surface area (TPSA) is 38.5 Å². The molecule has 1 aliphatic rings. The lowest BCUT2D eigenvalue weighted by Crippen LogP contribution is -2.31. The molecule has 3 aromatic carbocycles. The second kappa shape index (κ2) is 10.6. The van der Waals surface area contributed by atoms with E-state index >= 15 is 0 Å². The highest BCUT2D eigenvalue weighted by Crippen LogP contribution is 2.33. The highest BCUT2D eigenvalue weighted by atomic mass is 35.5. The Labute approximate surface area is 203 Å². The van der Waals surface area contributed by atoms with Crippen LogP contribution < -0.4 is 4.74 Å². The molecule has 0 N–H and O–H groups in total. The quantitative estimate of drug-likeness (QED) is 0.244. The van der Waals surface area contributed by atoms with Gasteiger partial charge in [-0.25, -0.2) is 4.98 Å². The summed E-state index contributed by atoms with van der Waals surface area (Å²) in [5.74, 6) is 1.51. The summed E-state index contributed by atoms with van der Waals surface area (Å²) in [5.41, 5.74) is 2.57. The lowest BCUT2D eigenvalue weighted by molar-refractivity contribution is 0.205. The number of oxazole rings is 1. The molecule has 0 bridgehead atoms. The maximum atomic E-state index is 6.07. The van der Waals surface area contributed by atoms with Gasteiger partial charge in [0.1, 0.15) is 11.3 Å². The molecule has 0 amide bonds. The van der Waals surface area contributed by atoms with E-state index in [9.17, 15) is 0 Å². The zero-order valence-electron chi connectivity index (χ0n) is 18.5. The average molecular weight is 479 g/mol. The molecule has 5 rings (SSSR count). The van der Waals surface area contributed by atoms with Crippen LogP contribution in [0.15, 0.2) is 80.9 Å². The highest BCUT2D eigenvalue weighted by Gasteiger charge is 2.11. The highest BCUT2D eigenvalue weighted by molar-refractivity contribution is 7.99. The Morgan fingerprint density at radius 2 is 1.67 bits per heavy atom. The third-order valence-corrected chi connectivity index (χ3v) is 7.10. The average Bonchev–Trinajstić information content (AvgIpc) is 3.28. The molecule has 0 atom stereocenters. The molecule has 1 aromatic heterocycles. The van der Waals surface area contributed by atoms with Crippen molar-refractivity contribution in [2.24, 2.45) is 0 Å². The van der Waals surface area contributed by atoms with E-state index < -0.39 is 0 Å². The summed E-state index contributed by atoms with van der Waals surface area (Å²) in [6.45, 7) is 4.34. The van der Waals surface area contributed by atoms with Gasteiger partial charge in [0, 0.05) is 26.9 Å².